The van der Waals surface area contributed by atoms with Crippen LogP contribution < -0.4 is 5.32 Å². The molecular formula is C8H17NO4. The molecule has 3 N–H and O–H groups in total. The molecule has 0 bridgehead atoms. The van der Waals surface area contributed by atoms with Crippen LogP contribution in [0.15, 0.2) is 0 Å². The zero-order valence-electron chi connectivity index (χ0n) is 7.99. The molecule has 0 aromatic rings. The molecule has 0 aromatic carbocycles. The van der Waals surface area contributed by atoms with Crippen LogP contribution in [0.25, 0.3) is 0 Å². The number of rotatable bonds is 1. The number of aliphatic hydroxyl groups is 1. The largest absolute Gasteiger partial charge is 0.479 e. The van der Waals surface area contributed by atoms with Gasteiger partial charge in [-0.3, -0.25) is 0 Å². The molecule has 0 aliphatic carbocycles. The molecule has 0 amide bonds. The van der Waals surface area contributed by atoms with Gasteiger partial charge in [-0.25, -0.2) is 4.79 Å². The zero-order chi connectivity index (χ0) is 10.3. The van der Waals surface area contributed by atoms with E-state index in [1.54, 1.807) is 0 Å². The highest BCUT2D eigenvalue weighted by Crippen LogP contribution is 1.91. The van der Waals surface area contributed by atoms with E-state index >= 15 is 0 Å². The van der Waals surface area contributed by atoms with Gasteiger partial charge in [-0.1, -0.05) is 0 Å². The summed E-state index contributed by atoms with van der Waals surface area (Å²) in [6.07, 6.45) is -0.807. The Kier molecular flexibility index (Phi) is 6.48. The van der Waals surface area contributed by atoms with E-state index in [-0.39, 0.29) is 0 Å². The molecule has 1 fully saturated rings. The molecule has 2 atom stereocenters. The summed E-state index contributed by atoms with van der Waals surface area (Å²) in [4.78, 5) is 9.45. The van der Waals surface area contributed by atoms with Crippen molar-refractivity contribution in [1.29, 1.82) is 0 Å². The number of carboxylic acid groups (broad SMARTS) is 1. The third kappa shape index (κ3) is 7.70. The second-order valence-corrected chi connectivity index (χ2v) is 2.90. The summed E-state index contributed by atoms with van der Waals surface area (Å²) in [6, 6.07) is 0. The average molecular weight is 191 g/mol. The molecule has 1 heterocycles. The maximum atomic E-state index is 9.45. The van der Waals surface area contributed by atoms with Gasteiger partial charge in [0.2, 0.25) is 0 Å². The van der Waals surface area contributed by atoms with Crippen molar-refractivity contribution in [3.05, 3.63) is 0 Å². The Hall–Kier alpha value is -0.650. The SMILES string of the molecule is CC(O)C(=O)O.CC1CNCCO1. The number of hydrogen-bond donors (Lipinski definition) is 3. The topological polar surface area (TPSA) is 78.8 Å². The first-order valence-electron chi connectivity index (χ1n) is 4.27. The van der Waals surface area contributed by atoms with Gasteiger partial charge >= 0.3 is 5.97 Å². The van der Waals surface area contributed by atoms with Gasteiger partial charge in [-0.05, 0) is 13.8 Å². The van der Waals surface area contributed by atoms with E-state index < -0.39 is 12.1 Å². The maximum absolute atomic E-state index is 9.45. The van der Waals surface area contributed by atoms with Gasteiger partial charge in [0.15, 0.2) is 0 Å². The molecular weight excluding hydrogens is 174 g/mol. The molecule has 13 heavy (non-hydrogen) atoms. The summed E-state index contributed by atoms with van der Waals surface area (Å²) >= 11 is 0. The van der Waals surface area contributed by atoms with Crippen LogP contribution in [0.3, 0.4) is 0 Å². The molecule has 1 aliphatic rings. The minimum atomic E-state index is -1.23. The van der Waals surface area contributed by atoms with Crippen LogP contribution in [0.1, 0.15) is 13.8 Å². The van der Waals surface area contributed by atoms with Gasteiger partial charge in [-0.15, -0.1) is 0 Å². The van der Waals surface area contributed by atoms with Crippen molar-refractivity contribution in [3.63, 3.8) is 0 Å². The minimum Gasteiger partial charge on any atom is -0.479 e. The number of carbonyl (C=O) groups is 1. The highest BCUT2D eigenvalue weighted by Gasteiger charge is 2.04. The first-order valence-corrected chi connectivity index (χ1v) is 4.27. The summed E-state index contributed by atoms with van der Waals surface area (Å²) in [6.45, 7) is 6.18. The molecule has 0 aromatic heterocycles. The van der Waals surface area contributed by atoms with Crippen LogP contribution >= 0.6 is 0 Å². The summed E-state index contributed by atoms with van der Waals surface area (Å²) in [5.41, 5.74) is 0. The number of nitrogens with one attached hydrogen (secondary N) is 1. The van der Waals surface area contributed by atoms with Crippen molar-refractivity contribution >= 4 is 5.97 Å². The summed E-state index contributed by atoms with van der Waals surface area (Å²) in [5, 5.41) is 19.0. The Bertz CT molecular complexity index is 143. The maximum Gasteiger partial charge on any atom is 0.332 e. The van der Waals surface area contributed by atoms with E-state index in [0.717, 1.165) is 19.7 Å². The third-order valence-electron chi connectivity index (χ3n) is 1.47. The van der Waals surface area contributed by atoms with E-state index in [2.05, 4.69) is 12.2 Å². The van der Waals surface area contributed by atoms with Crippen LogP contribution in [0.4, 0.5) is 0 Å². The smallest absolute Gasteiger partial charge is 0.332 e. The van der Waals surface area contributed by atoms with Crippen molar-refractivity contribution in [3.8, 4) is 0 Å². The van der Waals surface area contributed by atoms with Crippen LogP contribution in [-0.4, -0.2) is 48.1 Å². The molecule has 1 aliphatic heterocycles. The Morgan fingerprint density at radius 3 is 2.38 bits per heavy atom. The quantitative estimate of drug-likeness (QED) is 0.518. The Morgan fingerprint density at radius 2 is 2.23 bits per heavy atom. The van der Waals surface area contributed by atoms with Crippen LogP contribution in [-0.2, 0) is 9.53 Å². The molecule has 5 heteroatoms. The Balaban J connectivity index is 0.000000226. The normalized spacial score (nSPS) is 24.1. The second kappa shape index (κ2) is 6.82. The van der Waals surface area contributed by atoms with Crippen molar-refractivity contribution in [2.24, 2.45) is 0 Å². The molecule has 1 rings (SSSR count). The van der Waals surface area contributed by atoms with Crippen molar-refractivity contribution in [2.75, 3.05) is 19.7 Å². The van der Waals surface area contributed by atoms with E-state index in [4.69, 9.17) is 14.9 Å². The molecule has 0 saturated carbocycles. The molecule has 78 valence electrons. The fraction of sp³-hybridized carbons (Fsp3) is 0.875. The number of aliphatic carboxylic acids is 1. The van der Waals surface area contributed by atoms with Crippen molar-refractivity contribution < 1.29 is 19.7 Å². The lowest BCUT2D eigenvalue weighted by atomic mass is 10.3. The van der Waals surface area contributed by atoms with Crippen molar-refractivity contribution in [1.82, 2.24) is 5.32 Å². The Morgan fingerprint density at radius 1 is 1.69 bits per heavy atom. The minimum absolute atomic E-state index is 0.425. The highest BCUT2D eigenvalue weighted by atomic mass is 16.5. The monoisotopic (exact) mass is 191 g/mol. The van der Waals surface area contributed by atoms with E-state index in [1.807, 2.05) is 0 Å². The standard InChI is InChI=1S/C5H11NO.C3H6O3/c1-5-4-6-2-3-7-5;1-2(4)3(5)6/h5-6H,2-4H2,1H3;2,4H,1H3,(H,5,6). The van der Waals surface area contributed by atoms with E-state index in [0.29, 0.717) is 6.10 Å². The lowest BCUT2D eigenvalue weighted by molar-refractivity contribution is -0.145. The van der Waals surface area contributed by atoms with Gasteiger partial charge in [0.1, 0.15) is 6.10 Å². The first-order chi connectivity index (χ1) is 6.04. The van der Waals surface area contributed by atoms with Crippen LogP contribution in [0.2, 0.25) is 0 Å². The molecule has 0 radical (unpaired) electrons. The first kappa shape index (κ1) is 12.3. The van der Waals surface area contributed by atoms with Gasteiger partial charge in [0, 0.05) is 13.1 Å². The van der Waals surface area contributed by atoms with Crippen LogP contribution in [0, 0.1) is 0 Å². The fourth-order valence-electron chi connectivity index (χ4n) is 0.697. The highest BCUT2D eigenvalue weighted by molar-refractivity contribution is 5.71. The zero-order valence-corrected chi connectivity index (χ0v) is 7.99. The number of hydrogen-bond acceptors (Lipinski definition) is 4. The number of aliphatic hydroxyl groups excluding tert-OH is 1. The molecule has 1 saturated heterocycles. The average Bonchev–Trinajstić information content (AvgIpc) is 2.06. The summed E-state index contributed by atoms with van der Waals surface area (Å²) in [5.74, 6) is -1.19. The van der Waals surface area contributed by atoms with Crippen LogP contribution in [0.5, 0.6) is 0 Å². The van der Waals surface area contributed by atoms with Gasteiger partial charge in [0.25, 0.3) is 0 Å². The number of carboxylic acids is 1. The molecule has 0 spiro atoms. The van der Waals surface area contributed by atoms with E-state index in [1.165, 1.54) is 6.92 Å². The molecule has 2 unspecified atom stereocenters. The number of ether oxygens (including phenoxy) is 1. The Labute approximate surface area is 77.7 Å². The van der Waals surface area contributed by atoms with Crippen molar-refractivity contribution in [2.45, 2.75) is 26.1 Å². The number of morpholine rings is 1. The predicted octanol–water partition coefficient (Wildman–Crippen LogP) is -0.553. The predicted molar refractivity (Wildman–Crippen MR) is 47.6 cm³/mol. The van der Waals surface area contributed by atoms with E-state index in [9.17, 15) is 4.79 Å². The van der Waals surface area contributed by atoms with Gasteiger partial charge < -0.3 is 20.3 Å². The fourth-order valence-corrected chi connectivity index (χ4v) is 0.697. The summed E-state index contributed by atoms with van der Waals surface area (Å²) in [7, 11) is 0. The lowest BCUT2D eigenvalue weighted by Gasteiger charge is -2.18. The second-order valence-electron chi connectivity index (χ2n) is 2.90. The lowest BCUT2D eigenvalue weighted by Crippen LogP contribution is -2.36. The van der Waals surface area contributed by atoms with Gasteiger partial charge in [-0.2, -0.15) is 0 Å². The van der Waals surface area contributed by atoms with Gasteiger partial charge in [0.05, 0.1) is 12.7 Å². The summed E-state index contributed by atoms with van der Waals surface area (Å²) < 4.78 is 5.22. The third-order valence-corrected chi connectivity index (χ3v) is 1.47. The molecule has 5 nitrogen and oxygen atoms in total.